The van der Waals surface area contributed by atoms with Gasteiger partial charge in [-0.3, -0.25) is 14.7 Å². The Bertz CT molecular complexity index is 700. The van der Waals surface area contributed by atoms with Gasteiger partial charge in [-0.05, 0) is 31.4 Å². The first-order valence-corrected chi connectivity index (χ1v) is 10.2. The van der Waals surface area contributed by atoms with Crippen molar-refractivity contribution in [1.29, 1.82) is 0 Å². The Morgan fingerprint density at radius 1 is 1.07 bits per heavy atom. The summed E-state index contributed by atoms with van der Waals surface area (Å²) in [6.07, 6.45) is 6.55. The molecule has 1 aromatic heterocycles. The molecule has 0 radical (unpaired) electrons. The molecule has 2 saturated heterocycles. The molecule has 3 fully saturated rings. The van der Waals surface area contributed by atoms with Crippen LogP contribution in [-0.2, 0) is 11.3 Å². The van der Waals surface area contributed by atoms with Crippen molar-refractivity contribution < 1.29 is 14.3 Å². The summed E-state index contributed by atoms with van der Waals surface area (Å²) in [5.41, 5.74) is 6.34. The van der Waals surface area contributed by atoms with E-state index in [4.69, 9.17) is 10.5 Å². The number of likely N-dealkylation sites (tertiary alicyclic amines) is 1. The Balaban J connectivity index is 1.18. The number of hydrogen-bond donors (Lipinski definition) is 1. The molecule has 3 aliphatic rings. The van der Waals surface area contributed by atoms with Crippen LogP contribution in [0.25, 0.3) is 0 Å². The molecule has 0 unspecified atom stereocenters. The Labute approximate surface area is 165 Å². The van der Waals surface area contributed by atoms with Crippen molar-refractivity contribution in [3.8, 4) is 0 Å². The van der Waals surface area contributed by atoms with Crippen LogP contribution in [0.3, 0.4) is 0 Å². The molecule has 8 heteroatoms. The smallest absolute Gasteiger partial charge is 0.320 e. The molecule has 0 bridgehead atoms. The molecule has 28 heavy (non-hydrogen) atoms. The number of urea groups is 1. The quantitative estimate of drug-likeness (QED) is 0.816. The van der Waals surface area contributed by atoms with Gasteiger partial charge in [0.05, 0.1) is 37.1 Å². The van der Waals surface area contributed by atoms with E-state index in [1.165, 1.54) is 25.5 Å². The van der Waals surface area contributed by atoms with Crippen LogP contribution < -0.4 is 5.73 Å². The third kappa shape index (κ3) is 4.28. The first-order chi connectivity index (χ1) is 13.6. The average Bonchev–Trinajstić information content (AvgIpc) is 2.85. The van der Waals surface area contributed by atoms with Crippen LogP contribution in [0, 0.1) is 0 Å². The zero-order chi connectivity index (χ0) is 19.5. The predicted molar refractivity (Wildman–Crippen MR) is 104 cm³/mol. The number of amides is 3. The number of primary amides is 1. The first-order valence-electron chi connectivity index (χ1n) is 10.2. The maximum Gasteiger partial charge on any atom is 0.320 e. The van der Waals surface area contributed by atoms with Crippen molar-refractivity contribution in [3.63, 3.8) is 0 Å². The number of aromatic nitrogens is 1. The normalized spacial score (nSPS) is 21.7. The number of carbonyl (C=O) groups is 2. The van der Waals surface area contributed by atoms with E-state index in [0.29, 0.717) is 25.3 Å². The molecule has 1 saturated carbocycles. The SMILES string of the molecule is NC(=O)c1ccc(COC2CN(C(=O)N3CCCN(C4CCC4)CC3)C2)nc1. The van der Waals surface area contributed by atoms with E-state index in [-0.39, 0.29) is 12.1 Å². The fraction of sp³-hybridized carbons (Fsp3) is 0.650. The predicted octanol–water partition coefficient (Wildman–Crippen LogP) is 1.06. The van der Waals surface area contributed by atoms with Gasteiger partial charge in [0.2, 0.25) is 5.91 Å². The van der Waals surface area contributed by atoms with E-state index in [1.54, 1.807) is 12.1 Å². The van der Waals surface area contributed by atoms with E-state index >= 15 is 0 Å². The standard InChI is InChI=1S/C20H29N5O3/c21-19(26)15-5-6-16(22-11-15)14-28-18-12-25(13-18)20(27)24-8-2-7-23(9-10-24)17-3-1-4-17/h5-6,11,17-18H,1-4,7-10,12-14H2,(H2,21,26). The molecule has 4 rings (SSSR count). The molecular formula is C20H29N5O3. The zero-order valence-corrected chi connectivity index (χ0v) is 16.3. The third-order valence-electron chi connectivity index (χ3n) is 6.09. The molecular weight excluding hydrogens is 358 g/mol. The molecule has 2 aliphatic heterocycles. The average molecular weight is 387 g/mol. The van der Waals surface area contributed by atoms with Gasteiger partial charge in [0, 0.05) is 38.4 Å². The highest BCUT2D eigenvalue weighted by Crippen LogP contribution is 2.26. The van der Waals surface area contributed by atoms with Crippen LogP contribution in [0.1, 0.15) is 41.7 Å². The van der Waals surface area contributed by atoms with Crippen molar-refractivity contribution in [2.45, 2.75) is 44.4 Å². The molecule has 0 aromatic carbocycles. The van der Waals surface area contributed by atoms with Gasteiger partial charge >= 0.3 is 6.03 Å². The summed E-state index contributed by atoms with van der Waals surface area (Å²) in [7, 11) is 0. The third-order valence-corrected chi connectivity index (χ3v) is 6.09. The Kier molecular flexibility index (Phi) is 5.77. The lowest BCUT2D eigenvalue weighted by Crippen LogP contribution is -2.58. The minimum atomic E-state index is -0.488. The molecule has 1 aliphatic carbocycles. The van der Waals surface area contributed by atoms with Gasteiger partial charge in [0.1, 0.15) is 0 Å². The second-order valence-electron chi connectivity index (χ2n) is 7.98. The van der Waals surface area contributed by atoms with Crippen LogP contribution in [0.4, 0.5) is 4.79 Å². The lowest BCUT2D eigenvalue weighted by Gasteiger charge is -2.41. The number of carbonyl (C=O) groups excluding carboxylic acids is 2. The number of pyridine rings is 1. The van der Waals surface area contributed by atoms with Gasteiger partial charge in [-0.25, -0.2) is 4.79 Å². The van der Waals surface area contributed by atoms with E-state index in [2.05, 4.69) is 9.88 Å². The Hall–Kier alpha value is -2.19. The summed E-state index contributed by atoms with van der Waals surface area (Å²) in [6.45, 7) is 5.40. The van der Waals surface area contributed by atoms with Crippen molar-refractivity contribution in [2.75, 3.05) is 39.3 Å². The molecule has 8 nitrogen and oxygen atoms in total. The lowest BCUT2D eigenvalue weighted by atomic mass is 9.91. The van der Waals surface area contributed by atoms with E-state index in [1.807, 2.05) is 9.80 Å². The zero-order valence-electron chi connectivity index (χ0n) is 16.3. The summed E-state index contributed by atoms with van der Waals surface area (Å²) in [5.74, 6) is -0.488. The van der Waals surface area contributed by atoms with E-state index < -0.39 is 5.91 Å². The summed E-state index contributed by atoms with van der Waals surface area (Å²) >= 11 is 0. The van der Waals surface area contributed by atoms with Gasteiger partial charge in [-0.15, -0.1) is 0 Å². The Morgan fingerprint density at radius 3 is 2.54 bits per heavy atom. The van der Waals surface area contributed by atoms with Gasteiger partial charge in [0.15, 0.2) is 0 Å². The van der Waals surface area contributed by atoms with Crippen LogP contribution in [-0.4, -0.2) is 83.0 Å². The van der Waals surface area contributed by atoms with Crippen molar-refractivity contribution in [1.82, 2.24) is 19.7 Å². The van der Waals surface area contributed by atoms with Crippen molar-refractivity contribution in [2.24, 2.45) is 5.73 Å². The van der Waals surface area contributed by atoms with E-state index in [9.17, 15) is 9.59 Å². The fourth-order valence-corrected chi connectivity index (χ4v) is 4.00. The highest BCUT2D eigenvalue weighted by molar-refractivity contribution is 5.92. The second-order valence-corrected chi connectivity index (χ2v) is 7.98. The van der Waals surface area contributed by atoms with Gasteiger partial charge in [-0.2, -0.15) is 0 Å². The maximum atomic E-state index is 12.7. The highest BCUT2D eigenvalue weighted by Gasteiger charge is 2.35. The maximum absolute atomic E-state index is 12.7. The minimum absolute atomic E-state index is 0.0417. The summed E-state index contributed by atoms with van der Waals surface area (Å²) < 4.78 is 5.83. The number of hydrogen-bond acceptors (Lipinski definition) is 5. The van der Waals surface area contributed by atoms with Crippen molar-refractivity contribution in [3.05, 3.63) is 29.6 Å². The largest absolute Gasteiger partial charge is 0.368 e. The summed E-state index contributed by atoms with van der Waals surface area (Å²) in [5, 5.41) is 0. The molecule has 152 valence electrons. The highest BCUT2D eigenvalue weighted by atomic mass is 16.5. The van der Waals surface area contributed by atoms with Gasteiger partial charge in [0.25, 0.3) is 0 Å². The summed E-state index contributed by atoms with van der Waals surface area (Å²) in [4.78, 5) is 34.4. The van der Waals surface area contributed by atoms with Crippen molar-refractivity contribution >= 4 is 11.9 Å². The van der Waals surface area contributed by atoms with E-state index in [0.717, 1.165) is 44.3 Å². The number of nitrogens with zero attached hydrogens (tertiary/aromatic N) is 4. The first kappa shape index (κ1) is 19.1. The Morgan fingerprint density at radius 2 is 1.89 bits per heavy atom. The minimum Gasteiger partial charge on any atom is -0.368 e. The molecule has 0 spiro atoms. The van der Waals surface area contributed by atoms with Crippen LogP contribution in [0.15, 0.2) is 18.3 Å². The molecule has 2 N–H and O–H groups in total. The van der Waals surface area contributed by atoms with Crippen LogP contribution in [0.2, 0.25) is 0 Å². The van der Waals surface area contributed by atoms with Crippen LogP contribution in [0.5, 0.6) is 0 Å². The topological polar surface area (TPSA) is 92.0 Å². The van der Waals surface area contributed by atoms with Crippen LogP contribution >= 0.6 is 0 Å². The van der Waals surface area contributed by atoms with Gasteiger partial charge < -0.3 is 20.3 Å². The number of ether oxygens (including phenoxy) is 1. The molecule has 3 amide bonds. The fourth-order valence-electron chi connectivity index (χ4n) is 4.00. The molecule has 3 heterocycles. The second kappa shape index (κ2) is 8.45. The molecule has 0 atom stereocenters. The lowest BCUT2D eigenvalue weighted by molar-refractivity contribution is -0.0503. The summed E-state index contributed by atoms with van der Waals surface area (Å²) in [6, 6.07) is 4.28. The van der Waals surface area contributed by atoms with Gasteiger partial charge in [-0.1, -0.05) is 6.42 Å². The number of nitrogens with two attached hydrogens (primary N) is 1. The molecule has 1 aromatic rings. The monoisotopic (exact) mass is 387 g/mol. The number of rotatable bonds is 5.